The van der Waals surface area contributed by atoms with Crippen molar-refractivity contribution in [2.75, 3.05) is 5.75 Å². The average molecular weight is 192 g/mol. The number of phenols is 1. The largest absolute Gasteiger partial charge is 0.508 e. The van der Waals surface area contributed by atoms with Crippen LogP contribution >= 0.6 is 12.6 Å². The molecule has 1 N–H and O–H groups in total. The minimum Gasteiger partial charge on any atom is -0.508 e. The summed E-state index contributed by atoms with van der Waals surface area (Å²) in [7, 11) is 0. The lowest BCUT2D eigenvalue weighted by Crippen LogP contribution is -1.82. The minimum absolute atomic E-state index is 0.303. The third kappa shape index (κ3) is 2.71. The van der Waals surface area contributed by atoms with Gasteiger partial charge in [0, 0.05) is 23.3 Å². The first-order chi connectivity index (χ1) is 6.25. The van der Waals surface area contributed by atoms with Gasteiger partial charge in [0.15, 0.2) is 0 Å². The molecule has 1 aromatic rings. The molecule has 2 heteroatoms. The van der Waals surface area contributed by atoms with Crippen molar-refractivity contribution >= 4 is 12.6 Å². The van der Waals surface area contributed by atoms with Crippen molar-refractivity contribution in [2.24, 2.45) is 0 Å². The highest BCUT2D eigenvalue weighted by Gasteiger charge is 1.97. The lowest BCUT2D eigenvalue weighted by atomic mass is 10.1. The van der Waals surface area contributed by atoms with Gasteiger partial charge in [0.05, 0.1) is 0 Å². The Balaban J connectivity index is 2.91. The summed E-state index contributed by atoms with van der Waals surface area (Å²) in [5.41, 5.74) is 1.73. The molecule has 0 radical (unpaired) electrons. The van der Waals surface area contributed by atoms with E-state index in [2.05, 4.69) is 24.5 Å². The van der Waals surface area contributed by atoms with E-state index in [1.54, 1.807) is 12.1 Å². The molecule has 1 rings (SSSR count). The lowest BCUT2D eigenvalue weighted by Gasteiger charge is -1.99. The van der Waals surface area contributed by atoms with Crippen molar-refractivity contribution in [2.45, 2.75) is 13.3 Å². The second-order valence-corrected chi connectivity index (χ2v) is 3.17. The van der Waals surface area contributed by atoms with Gasteiger partial charge in [-0.25, -0.2) is 0 Å². The molecule has 0 bridgehead atoms. The molecule has 1 aromatic carbocycles. The lowest BCUT2D eigenvalue weighted by molar-refractivity contribution is 0.471. The summed E-state index contributed by atoms with van der Waals surface area (Å²) in [6, 6.07) is 5.37. The van der Waals surface area contributed by atoms with Crippen LogP contribution in [0.15, 0.2) is 18.2 Å². The fraction of sp³-hybridized carbons (Fsp3) is 0.273. The number of hydrogen-bond donors (Lipinski definition) is 2. The molecule has 1 nitrogen and oxygen atoms in total. The molecule has 68 valence electrons. The molecule has 0 saturated heterocycles. The fourth-order valence-electron chi connectivity index (χ4n) is 0.973. The number of aromatic hydroxyl groups is 1. The SMILES string of the molecule is Cc1c(O)cccc1C#CCCS. The van der Waals surface area contributed by atoms with Gasteiger partial charge in [-0.05, 0) is 19.1 Å². The Morgan fingerprint density at radius 1 is 1.46 bits per heavy atom. The van der Waals surface area contributed by atoms with Crippen LogP contribution in [0.5, 0.6) is 5.75 Å². The van der Waals surface area contributed by atoms with Crippen molar-refractivity contribution in [3.05, 3.63) is 29.3 Å². The van der Waals surface area contributed by atoms with Crippen LogP contribution in [0.2, 0.25) is 0 Å². The first-order valence-electron chi connectivity index (χ1n) is 4.14. The summed E-state index contributed by atoms with van der Waals surface area (Å²) in [6.45, 7) is 1.86. The molecule has 0 atom stereocenters. The number of rotatable bonds is 1. The Labute approximate surface area is 84.2 Å². The molecule has 0 aliphatic heterocycles. The smallest absolute Gasteiger partial charge is 0.119 e. The summed E-state index contributed by atoms with van der Waals surface area (Å²) in [5.74, 6) is 7.05. The Hall–Kier alpha value is -1.07. The first kappa shape index (κ1) is 10.0. The Bertz CT molecular complexity index is 347. The van der Waals surface area contributed by atoms with Crippen LogP contribution in [-0.2, 0) is 0 Å². The second-order valence-electron chi connectivity index (χ2n) is 2.73. The molecule has 0 aliphatic carbocycles. The maximum absolute atomic E-state index is 9.37. The molecule has 0 aliphatic rings. The maximum Gasteiger partial charge on any atom is 0.119 e. The predicted octanol–water partition coefficient (Wildman–Crippen LogP) is 2.37. The third-order valence-corrected chi connectivity index (χ3v) is 1.99. The molecule has 0 amide bonds. The molecule has 0 heterocycles. The highest BCUT2D eigenvalue weighted by atomic mass is 32.1. The summed E-state index contributed by atoms with van der Waals surface area (Å²) in [6.07, 6.45) is 0.776. The Kier molecular flexibility index (Phi) is 3.72. The standard InChI is InChI=1S/C11H12OS/c1-9-10(5-2-3-8-13)6-4-7-11(9)12/h4,6-7,12-13H,3,8H2,1H3. The van der Waals surface area contributed by atoms with Crippen LogP contribution in [-0.4, -0.2) is 10.9 Å². The van der Waals surface area contributed by atoms with E-state index in [0.29, 0.717) is 5.75 Å². The molecule has 0 unspecified atom stereocenters. The molecule has 13 heavy (non-hydrogen) atoms. The molecular weight excluding hydrogens is 180 g/mol. The Morgan fingerprint density at radius 2 is 2.23 bits per heavy atom. The van der Waals surface area contributed by atoms with Gasteiger partial charge in [-0.15, -0.1) is 0 Å². The van der Waals surface area contributed by atoms with Crippen LogP contribution < -0.4 is 0 Å². The topological polar surface area (TPSA) is 20.2 Å². The minimum atomic E-state index is 0.303. The van der Waals surface area contributed by atoms with Gasteiger partial charge in [0.25, 0.3) is 0 Å². The maximum atomic E-state index is 9.37. The average Bonchev–Trinajstić information content (AvgIpc) is 2.13. The van der Waals surface area contributed by atoms with Crippen LogP contribution in [0.4, 0.5) is 0 Å². The van der Waals surface area contributed by atoms with Crippen molar-refractivity contribution in [1.82, 2.24) is 0 Å². The summed E-state index contributed by atoms with van der Waals surface area (Å²) < 4.78 is 0. The van der Waals surface area contributed by atoms with E-state index >= 15 is 0 Å². The normalized spacial score (nSPS) is 9.08. The van der Waals surface area contributed by atoms with Crippen LogP contribution in [0.3, 0.4) is 0 Å². The highest BCUT2D eigenvalue weighted by Crippen LogP contribution is 2.18. The predicted molar refractivity (Wildman–Crippen MR) is 58.2 cm³/mol. The van der Waals surface area contributed by atoms with Gasteiger partial charge in [-0.3, -0.25) is 0 Å². The van der Waals surface area contributed by atoms with Gasteiger partial charge < -0.3 is 5.11 Å². The van der Waals surface area contributed by atoms with Gasteiger partial charge in [0.1, 0.15) is 5.75 Å². The van der Waals surface area contributed by atoms with Crippen molar-refractivity contribution in [1.29, 1.82) is 0 Å². The monoisotopic (exact) mass is 192 g/mol. The fourth-order valence-corrected chi connectivity index (χ4v) is 1.08. The highest BCUT2D eigenvalue weighted by molar-refractivity contribution is 7.80. The number of hydrogen-bond acceptors (Lipinski definition) is 2. The van der Waals surface area contributed by atoms with Crippen molar-refractivity contribution in [3.8, 4) is 17.6 Å². The van der Waals surface area contributed by atoms with Crippen LogP contribution in [0.25, 0.3) is 0 Å². The first-order valence-corrected chi connectivity index (χ1v) is 4.77. The number of phenolic OH excluding ortho intramolecular Hbond substituents is 1. The van der Waals surface area contributed by atoms with E-state index in [1.807, 2.05) is 13.0 Å². The zero-order valence-electron chi connectivity index (χ0n) is 7.54. The van der Waals surface area contributed by atoms with Crippen molar-refractivity contribution in [3.63, 3.8) is 0 Å². The van der Waals surface area contributed by atoms with Crippen LogP contribution in [0, 0.1) is 18.8 Å². The van der Waals surface area contributed by atoms with Gasteiger partial charge in [-0.2, -0.15) is 12.6 Å². The van der Waals surface area contributed by atoms with E-state index in [4.69, 9.17) is 0 Å². The number of thiol groups is 1. The Morgan fingerprint density at radius 3 is 2.92 bits per heavy atom. The van der Waals surface area contributed by atoms with E-state index < -0.39 is 0 Å². The van der Waals surface area contributed by atoms with Gasteiger partial charge in [0.2, 0.25) is 0 Å². The van der Waals surface area contributed by atoms with E-state index in [-0.39, 0.29) is 0 Å². The van der Waals surface area contributed by atoms with E-state index in [1.165, 1.54) is 0 Å². The molecular formula is C11H12OS. The van der Waals surface area contributed by atoms with Gasteiger partial charge >= 0.3 is 0 Å². The van der Waals surface area contributed by atoms with E-state index in [0.717, 1.165) is 23.3 Å². The van der Waals surface area contributed by atoms with Gasteiger partial charge in [-0.1, -0.05) is 17.9 Å². The summed E-state index contributed by atoms with van der Waals surface area (Å²) in [4.78, 5) is 0. The molecule has 0 fully saturated rings. The van der Waals surface area contributed by atoms with E-state index in [9.17, 15) is 5.11 Å². The van der Waals surface area contributed by atoms with Crippen LogP contribution in [0.1, 0.15) is 17.5 Å². The summed E-state index contributed by atoms with van der Waals surface area (Å²) >= 11 is 4.06. The zero-order chi connectivity index (χ0) is 9.68. The molecule has 0 spiro atoms. The second kappa shape index (κ2) is 4.84. The number of benzene rings is 1. The molecule has 0 aromatic heterocycles. The molecule has 0 saturated carbocycles. The zero-order valence-corrected chi connectivity index (χ0v) is 8.44. The van der Waals surface area contributed by atoms with Crippen molar-refractivity contribution < 1.29 is 5.11 Å². The third-order valence-electron chi connectivity index (χ3n) is 1.77. The quantitative estimate of drug-likeness (QED) is 0.517. The summed E-state index contributed by atoms with van der Waals surface area (Å²) in [5, 5.41) is 9.37.